The molecule has 2 aliphatic rings. The number of nitrogens with zero attached hydrogens (tertiary/aromatic N) is 1. The zero-order chi connectivity index (χ0) is 21.3. The number of thiophene rings is 1. The molecule has 1 aromatic heterocycles. The first-order valence-electron chi connectivity index (χ1n) is 9.83. The Hall–Kier alpha value is -2.58. The van der Waals surface area contributed by atoms with Gasteiger partial charge in [0.25, 0.3) is 0 Å². The Morgan fingerprint density at radius 1 is 1.30 bits per heavy atom. The van der Waals surface area contributed by atoms with Crippen molar-refractivity contribution < 1.29 is 23.9 Å². The van der Waals surface area contributed by atoms with Crippen LogP contribution in [0, 0.1) is 0 Å². The number of carbonyl (C=O) groups excluding carboxylic acids is 3. The molecular weight excluding hydrogens is 428 g/mol. The summed E-state index contributed by atoms with van der Waals surface area (Å²) in [7, 11) is 0. The van der Waals surface area contributed by atoms with E-state index >= 15 is 0 Å². The third kappa shape index (κ3) is 4.15. The number of carbonyl (C=O) groups is 3. The summed E-state index contributed by atoms with van der Waals surface area (Å²) < 4.78 is 10.4. The van der Waals surface area contributed by atoms with Gasteiger partial charge in [0, 0.05) is 9.90 Å². The molecule has 1 amide bonds. The molecule has 158 valence electrons. The minimum Gasteiger partial charge on any atom is -0.462 e. The Morgan fingerprint density at radius 3 is 2.90 bits per heavy atom. The van der Waals surface area contributed by atoms with Gasteiger partial charge in [-0.1, -0.05) is 11.6 Å². The number of hydrogen-bond acceptors (Lipinski definition) is 7. The van der Waals surface area contributed by atoms with Crippen LogP contribution in [0.3, 0.4) is 0 Å². The van der Waals surface area contributed by atoms with Gasteiger partial charge in [0.2, 0.25) is 5.91 Å². The van der Waals surface area contributed by atoms with Crippen LogP contribution in [-0.4, -0.2) is 37.5 Å². The first-order valence-corrected chi connectivity index (χ1v) is 11.0. The Kier molecular flexibility index (Phi) is 5.97. The molecule has 0 atom stereocenters. The smallest absolute Gasteiger partial charge is 0.341 e. The largest absolute Gasteiger partial charge is 0.462 e. The Balaban J connectivity index is 1.57. The van der Waals surface area contributed by atoms with Gasteiger partial charge in [-0.3, -0.25) is 4.79 Å². The predicted octanol–water partition coefficient (Wildman–Crippen LogP) is 3.82. The molecule has 0 fully saturated rings. The van der Waals surface area contributed by atoms with E-state index in [1.54, 1.807) is 30.0 Å². The lowest BCUT2D eigenvalue weighted by Gasteiger charge is -2.29. The maximum Gasteiger partial charge on any atom is 0.341 e. The van der Waals surface area contributed by atoms with E-state index in [9.17, 15) is 14.4 Å². The number of anilines is 2. The van der Waals surface area contributed by atoms with Crippen molar-refractivity contribution in [2.75, 3.05) is 29.9 Å². The van der Waals surface area contributed by atoms with E-state index in [1.807, 2.05) is 0 Å². The van der Waals surface area contributed by atoms with Crippen molar-refractivity contribution in [3.8, 4) is 5.75 Å². The Labute approximate surface area is 182 Å². The first-order chi connectivity index (χ1) is 14.5. The van der Waals surface area contributed by atoms with Crippen LogP contribution in [0.25, 0.3) is 0 Å². The predicted molar refractivity (Wildman–Crippen MR) is 115 cm³/mol. The van der Waals surface area contributed by atoms with E-state index in [2.05, 4.69) is 5.32 Å². The summed E-state index contributed by atoms with van der Waals surface area (Å²) in [5.41, 5.74) is 2.03. The average Bonchev–Trinajstić information content (AvgIpc) is 3.06. The summed E-state index contributed by atoms with van der Waals surface area (Å²) in [6.45, 7) is 1.89. The lowest BCUT2D eigenvalue weighted by Crippen LogP contribution is -2.41. The fourth-order valence-corrected chi connectivity index (χ4v) is 5.23. The van der Waals surface area contributed by atoms with E-state index in [-0.39, 0.29) is 25.6 Å². The van der Waals surface area contributed by atoms with Crippen LogP contribution in [0.2, 0.25) is 5.02 Å². The van der Waals surface area contributed by atoms with E-state index in [4.69, 9.17) is 21.1 Å². The molecule has 0 spiro atoms. The van der Waals surface area contributed by atoms with E-state index in [1.165, 1.54) is 11.3 Å². The third-order valence-corrected chi connectivity index (χ3v) is 6.49. The van der Waals surface area contributed by atoms with E-state index < -0.39 is 11.9 Å². The summed E-state index contributed by atoms with van der Waals surface area (Å²) in [6, 6.07) is 4.88. The number of fused-ring (bicyclic) bond motifs is 2. The number of halogens is 1. The van der Waals surface area contributed by atoms with Crippen LogP contribution in [0.1, 0.15) is 40.6 Å². The molecule has 1 aromatic carbocycles. The van der Waals surface area contributed by atoms with E-state index in [0.29, 0.717) is 27.0 Å². The van der Waals surface area contributed by atoms with Gasteiger partial charge in [0.05, 0.1) is 24.4 Å². The lowest BCUT2D eigenvalue weighted by atomic mass is 9.95. The molecule has 0 saturated heterocycles. The van der Waals surface area contributed by atoms with Crippen molar-refractivity contribution in [2.45, 2.75) is 32.6 Å². The summed E-state index contributed by atoms with van der Waals surface area (Å²) >= 11 is 7.50. The van der Waals surface area contributed by atoms with Crippen LogP contribution in [0.15, 0.2) is 18.2 Å². The molecule has 1 N–H and O–H groups in total. The monoisotopic (exact) mass is 448 g/mol. The van der Waals surface area contributed by atoms with E-state index in [0.717, 1.165) is 36.1 Å². The van der Waals surface area contributed by atoms with Crippen molar-refractivity contribution in [1.29, 1.82) is 0 Å². The van der Waals surface area contributed by atoms with Crippen molar-refractivity contribution in [3.63, 3.8) is 0 Å². The molecule has 0 radical (unpaired) electrons. The van der Waals surface area contributed by atoms with Gasteiger partial charge in [-0.15, -0.1) is 11.3 Å². The molecule has 1 aliphatic carbocycles. The third-order valence-electron chi connectivity index (χ3n) is 5.04. The molecular formula is C21H21ClN2O5S. The molecule has 9 heteroatoms. The fraction of sp³-hybridized carbons (Fsp3) is 0.381. The van der Waals surface area contributed by atoms with Crippen molar-refractivity contribution >= 4 is 51.5 Å². The Morgan fingerprint density at radius 2 is 2.10 bits per heavy atom. The summed E-state index contributed by atoms with van der Waals surface area (Å²) in [5, 5.41) is 3.86. The van der Waals surface area contributed by atoms with Gasteiger partial charge in [-0.25, -0.2) is 9.59 Å². The van der Waals surface area contributed by atoms with Crippen LogP contribution in [0.4, 0.5) is 10.7 Å². The number of ether oxygens (including phenoxy) is 2. The van der Waals surface area contributed by atoms with Gasteiger partial charge >= 0.3 is 11.9 Å². The lowest BCUT2D eigenvalue weighted by molar-refractivity contribution is -0.133. The van der Waals surface area contributed by atoms with Crippen molar-refractivity contribution in [3.05, 3.63) is 39.2 Å². The van der Waals surface area contributed by atoms with Crippen LogP contribution in [-0.2, 0) is 27.2 Å². The second-order valence-corrected chi connectivity index (χ2v) is 8.67. The van der Waals surface area contributed by atoms with Gasteiger partial charge in [0.1, 0.15) is 11.5 Å². The van der Waals surface area contributed by atoms with Crippen LogP contribution >= 0.6 is 22.9 Å². The molecule has 1 aliphatic heterocycles. The zero-order valence-electron chi connectivity index (χ0n) is 16.5. The molecule has 30 heavy (non-hydrogen) atoms. The highest BCUT2D eigenvalue weighted by Crippen LogP contribution is 2.39. The second-order valence-electron chi connectivity index (χ2n) is 7.13. The van der Waals surface area contributed by atoms with Crippen LogP contribution in [0.5, 0.6) is 5.75 Å². The van der Waals surface area contributed by atoms with Gasteiger partial charge in [-0.05, 0) is 56.4 Å². The number of amides is 1. The molecule has 2 aromatic rings. The van der Waals surface area contributed by atoms with Crippen molar-refractivity contribution in [2.24, 2.45) is 0 Å². The summed E-state index contributed by atoms with van der Waals surface area (Å²) in [6.07, 6.45) is 3.78. The number of aryl methyl sites for hydroxylation is 1. The second kappa shape index (κ2) is 8.65. The van der Waals surface area contributed by atoms with Gasteiger partial charge in [0.15, 0.2) is 5.75 Å². The number of benzene rings is 1. The summed E-state index contributed by atoms with van der Waals surface area (Å²) in [5.74, 6) is -0.829. The highest BCUT2D eigenvalue weighted by Gasteiger charge is 2.29. The average molecular weight is 449 g/mol. The molecule has 0 bridgehead atoms. The SMILES string of the molecule is CCOC(=O)c1c(NC(=O)CN2CC(=O)Oc3ccc(Cl)cc32)sc2c1CCCC2. The fourth-order valence-electron chi connectivity index (χ4n) is 3.77. The number of rotatable bonds is 5. The molecule has 2 heterocycles. The van der Waals surface area contributed by atoms with Gasteiger partial charge in [-0.2, -0.15) is 0 Å². The van der Waals surface area contributed by atoms with Gasteiger partial charge < -0.3 is 19.7 Å². The van der Waals surface area contributed by atoms with Crippen molar-refractivity contribution in [1.82, 2.24) is 0 Å². The standard InChI is InChI=1S/C21H21ClN2O5S/c1-2-28-21(27)19-13-5-3-4-6-16(13)30-20(19)23-17(25)10-24-11-18(26)29-15-8-7-12(22)9-14(15)24/h7-9H,2-6,10-11H2,1H3,(H,23,25). The minimum atomic E-state index is -0.448. The topological polar surface area (TPSA) is 84.9 Å². The molecule has 7 nitrogen and oxygen atoms in total. The number of esters is 2. The normalized spacial score (nSPS) is 15.1. The zero-order valence-corrected chi connectivity index (χ0v) is 18.0. The summed E-state index contributed by atoms with van der Waals surface area (Å²) in [4.78, 5) is 40.1. The molecule has 4 rings (SSSR count). The maximum absolute atomic E-state index is 12.8. The number of nitrogens with one attached hydrogen (secondary N) is 1. The Bertz CT molecular complexity index is 1020. The number of hydrogen-bond donors (Lipinski definition) is 1. The van der Waals surface area contributed by atoms with Crippen LogP contribution < -0.4 is 15.0 Å². The minimum absolute atomic E-state index is 0.0631. The first kappa shape index (κ1) is 20.7. The molecule has 0 unspecified atom stereocenters. The maximum atomic E-state index is 12.8. The quantitative estimate of drug-likeness (QED) is 0.553. The molecule has 0 saturated carbocycles. The highest BCUT2D eigenvalue weighted by molar-refractivity contribution is 7.17. The highest BCUT2D eigenvalue weighted by atomic mass is 35.5.